The molecule has 2 aliphatic heterocycles. The molecule has 0 saturated carbocycles. The van der Waals surface area contributed by atoms with E-state index >= 15 is 0 Å². The van der Waals surface area contributed by atoms with Crippen LogP contribution in [-0.2, 0) is 23.8 Å². The normalized spacial score (nSPS) is 26.1. The smallest absolute Gasteiger partial charge is 0.336 e. The van der Waals surface area contributed by atoms with E-state index < -0.39 is 34.4 Å². The summed E-state index contributed by atoms with van der Waals surface area (Å²) < 4.78 is 16.3. The number of hydrogen-bond donors (Lipinski definition) is 0. The lowest BCUT2D eigenvalue weighted by Gasteiger charge is -2.48. The molecule has 2 heterocycles. The molecule has 0 spiro atoms. The number of fused-ring (bicyclic) bond motifs is 1. The monoisotopic (exact) mass is 404 g/mol. The van der Waals surface area contributed by atoms with E-state index in [1.807, 2.05) is 4.90 Å². The maximum Gasteiger partial charge on any atom is 0.336 e. The molecule has 0 N–H and O–H groups in total. The van der Waals surface area contributed by atoms with Crippen LogP contribution in [0.1, 0.15) is 32.3 Å². The second-order valence-corrected chi connectivity index (χ2v) is 7.10. The fraction of sp³-hybridized carbons (Fsp3) is 0.500. The van der Waals surface area contributed by atoms with Crippen molar-refractivity contribution in [3.05, 3.63) is 51.2 Å². The van der Waals surface area contributed by atoms with Crippen molar-refractivity contribution in [3.63, 3.8) is 0 Å². The van der Waals surface area contributed by atoms with Crippen molar-refractivity contribution in [3.8, 4) is 0 Å². The molecule has 1 saturated heterocycles. The van der Waals surface area contributed by atoms with Crippen LogP contribution in [0.5, 0.6) is 0 Å². The third kappa shape index (κ3) is 3.35. The summed E-state index contributed by atoms with van der Waals surface area (Å²) in [5.74, 6) is -2.86. The lowest BCUT2D eigenvalue weighted by molar-refractivity contribution is -0.384. The van der Waals surface area contributed by atoms with Crippen molar-refractivity contribution in [2.45, 2.75) is 32.4 Å². The van der Waals surface area contributed by atoms with Gasteiger partial charge in [-0.3, -0.25) is 14.9 Å². The van der Waals surface area contributed by atoms with Gasteiger partial charge in [-0.2, -0.15) is 0 Å². The number of nitro benzene ring substituents is 1. The molecule has 1 aromatic rings. The van der Waals surface area contributed by atoms with Gasteiger partial charge in [0, 0.05) is 30.3 Å². The van der Waals surface area contributed by atoms with Gasteiger partial charge in [-0.25, -0.2) is 4.79 Å². The number of nitro groups is 1. The van der Waals surface area contributed by atoms with Gasteiger partial charge in [-0.05, 0) is 26.3 Å². The van der Waals surface area contributed by atoms with Crippen LogP contribution in [0.15, 0.2) is 35.5 Å². The van der Waals surface area contributed by atoms with Crippen LogP contribution in [0, 0.1) is 16.0 Å². The minimum atomic E-state index is -1.05. The fourth-order valence-corrected chi connectivity index (χ4v) is 4.41. The van der Waals surface area contributed by atoms with E-state index in [1.54, 1.807) is 26.8 Å². The van der Waals surface area contributed by atoms with Gasteiger partial charge >= 0.3 is 11.9 Å². The highest BCUT2D eigenvalue weighted by atomic mass is 16.6. The maximum atomic E-state index is 13.1. The maximum absolute atomic E-state index is 13.1. The van der Waals surface area contributed by atoms with E-state index in [4.69, 9.17) is 14.2 Å². The lowest BCUT2D eigenvalue weighted by Crippen LogP contribution is -2.57. The fourth-order valence-electron chi connectivity index (χ4n) is 4.41. The van der Waals surface area contributed by atoms with E-state index in [0.29, 0.717) is 24.4 Å². The van der Waals surface area contributed by atoms with Crippen LogP contribution in [0.4, 0.5) is 5.69 Å². The Balaban J connectivity index is 2.28. The number of non-ortho nitro benzene ring substituents is 1. The van der Waals surface area contributed by atoms with Gasteiger partial charge < -0.3 is 19.1 Å². The van der Waals surface area contributed by atoms with Crippen LogP contribution < -0.4 is 0 Å². The number of benzene rings is 1. The summed E-state index contributed by atoms with van der Waals surface area (Å²) in [7, 11) is 1.26. The first kappa shape index (κ1) is 20.8. The molecule has 0 aromatic heterocycles. The summed E-state index contributed by atoms with van der Waals surface area (Å²) in [4.78, 5) is 38.5. The highest BCUT2D eigenvalue weighted by Gasteiger charge is 2.58. The number of esters is 2. The molecule has 156 valence electrons. The quantitative estimate of drug-likeness (QED) is 0.418. The molecule has 3 atom stereocenters. The Hall–Kier alpha value is -2.94. The SMILES string of the molecule is CCOC(=O)[C@H]1[C@H](c2cccc([N+](=O)[O-])c2)C(C(=O)OC)=C(C)N2CCO[C@@]12C. The Morgan fingerprint density at radius 1 is 1.41 bits per heavy atom. The minimum absolute atomic E-state index is 0.132. The third-order valence-corrected chi connectivity index (χ3v) is 5.65. The Morgan fingerprint density at radius 2 is 2.14 bits per heavy atom. The largest absolute Gasteiger partial charge is 0.466 e. The number of ether oxygens (including phenoxy) is 3. The van der Waals surface area contributed by atoms with Crippen molar-refractivity contribution in [2.24, 2.45) is 5.92 Å². The van der Waals surface area contributed by atoms with Gasteiger partial charge in [-0.1, -0.05) is 12.1 Å². The molecule has 0 amide bonds. The topological polar surface area (TPSA) is 108 Å². The highest BCUT2D eigenvalue weighted by molar-refractivity contribution is 5.93. The van der Waals surface area contributed by atoms with Crippen LogP contribution >= 0.6 is 0 Å². The number of rotatable bonds is 5. The van der Waals surface area contributed by atoms with Crippen molar-refractivity contribution in [2.75, 3.05) is 26.9 Å². The van der Waals surface area contributed by atoms with E-state index in [-0.39, 0.29) is 17.9 Å². The molecule has 29 heavy (non-hydrogen) atoms. The van der Waals surface area contributed by atoms with Crippen LogP contribution in [0.3, 0.4) is 0 Å². The van der Waals surface area contributed by atoms with E-state index in [2.05, 4.69) is 0 Å². The molecule has 9 nitrogen and oxygen atoms in total. The molecule has 1 fully saturated rings. The predicted octanol–water partition coefficient (Wildman–Crippen LogP) is 2.37. The zero-order valence-corrected chi connectivity index (χ0v) is 16.8. The Morgan fingerprint density at radius 3 is 2.76 bits per heavy atom. The van der Waals surface area contributed by atoms with Crippen LogP contribution in [0.25, 0.3) is 0 Å². The van der Waals surface area contributed by atoms with Gasteiger partial charge in [-0.15, -0.1) is 0 Å². The second-order valence-electron chi connectivity index (χ2n) is 7.10. The molecule has 3 rings (SSSR count). The van der Waals surface area contributed by atoms with Gasteiger partial charge in [0.15, 0.2) is 5.72 Å². The van der Waals surface area contributed by atoms with Crippen LogP contribution in [0.2, 0.25) is 0 Å². The highest BCUT2D eigenvalue weighted by Crippen LogP contribution is 2.51. The van der Waals surface area contributed by atoms with Crippen molar-refractivity contribution in [1.29, 1.82) is 0 Å². The van der Waals surface area contributed by atoms with E-state index in [0.717, 1.165) is 0 Å². The van der Waals surface area contributed by atoms with Gasteiger partial charge in [0.1, 0.15) is 5.92 Å². The number of methoxy groups -OCH3 is 1. The molecular formula is C20H24N2O7. The van der Waals surface area contributed by atoms with E-state index in [9.17, 15) is 19.7 Å². The van der Waals surface area contributed by atoms with Gasteiger partial charge in [0.2, 0.25) is 0 Å². The van der Waals surface area contributed by atoms with Crippen molar-refractivity contribution in [1.82, 2.24) is 4.90 Å². The second kappa shape index (κ2) is 7.82. The van der Waals surface area contributed by atoms with Gasteiger partial charge in [0.25, 0.3) is 5.69 Å². The number of allylic oxidation sites excluding steroid dienone is 1. The molecule has 0 unspecified atom stereocenters. The lowest BCUT2D eigenvalue weighted by atomic mass is 9.71. The van der Waals surface area contributed by atoms with Crippen molar-refractivity contribution < 1.29 is 28.7 Å². The van der Waals surface area contributed by atoms with Crippen LogP contribution in [-0.4, -0.2) is 54.4 Å². The van der Waals surface area contributed by atoms with Crippen molar-refractivity contribution >= 4 is 17.6 Å². The molecule has 1 aromatic carbocycles. The van der Waals surface area contributed by atoms with E-state index in [1.165, 1.54) is 25.3 Å². The number of carbonyl (C=O) groups is 2. The summed E-state index contributed by atoms with van der Waals surface area (Å²) in [6.07, 6.45) is 0. The number of nitrogens with zero attached hydrogens (tertiary/aromatic N) is 2. The van der Waals surface area contributed by atoms with Gasteiger partial charge in [0.05, 0.1) is 30.8 Å². The first-order chi connectivity index (χ1) is 13.8. The average molecular weight is 404 g/mol. The summed E-state index contributed by atoms with van der Waals surface area (Å²) >= 11 is 0. The predicted molar refractivity (Wildman–Crippen MR) is 102 cm³/mol. The summed E-state index contributed by atoms with van der Waals surface area (Å²) in [5.41, 5.74) is 0.159. The summed E-state index contributed by atoms with van der Waals surface area (Å²) in [6, 6.07) is 5.93. The molecular weight excluding hydrogens is 380 g/mol. The molecule has 0 aliphatic carbocycles. The molecule has 0 radical (unpaired) electrons. The Kier molecular flexibility index (Phi) is 5.61. The number of carbonyl (C=O) groups excluding carboxylic acids is 2. The Bertz CT molecular complexity index is 881. The summed E-state index contributed by atoms with van der Waals surface area (Å²) in [6.45, 7) is 6.28. The zero-order chi connectivity index (χ0) is 21.3. The third-order valence-electron chi connectivity index (χ3n) is 5.65. The summed E-state index contributed by atoms with van der Waals surface area (Å²) in [5, 5.41) is 11.3. The first-order valence-corrected chi connectivity index (χ1v) is 9.37. The molecule has 0 bridgehead atoms. The average Bonchev–Trinajstić information content (AvgIpc) is 3.10. The zero-order valence-electron chi connectivity index (χ0n) is 16.8. The first-order valence-electron chi connectivity index (χ1n) is 9.37. The standard InChI is InChI=1S/C20H24N2O7/c1-5-28-19(24)17-16(13-7-6-8-14(11-13)22(25)26)15(18(23)27-4)12(2)21-9-10-29-20(17,21)3/h6-8,11,16-17H,5,9-10H2,1-4H3/t16-,17-,20+/m1/s1. The minimum Gasteiger partial charge on any atom is -0.466 e. The Labute approximate surface area is 168 Å². The number of hydrogen-bond acceptors (Lipinski definition) is 8. The molecule has 2 aliphatic rings. The molecule has 9 heteroatoms.